The van der Waals surface area contributed by atoms with E-state index in [9.17, 15) is 0 Å². The Morgan fingerprint density at radius 2 is 2.00 bits per heavy atom. The molecule has 0 aromatic rings. The lowest BCUT2D eigenvalue weighted by Gasteiger charge is -2.08. The summed E-state index contributed by atoms with van der Waals surface area (Å²) in [5.41, 5.74) is 0. The van der Waals surface area contributed by atoms with Gasteiger partial charge in [-0.15, -0.1) is 0 Å². The van der Waals surface area contributed by atoms with E-state index in [1.54, 1.807) is 0 Å². The molecule has 2 nitrogen and oxygen atoms in total. The van der Waals surface area contributed by atoms with Crippen molar-refractivity contribution < 1.29 is 4.84 Å². The molecule has 0 amide bonds. The van der Waals surface area contributed by atoms with Crippen molar-refractivity contribution >= 4 is 0 Å². The highest BCUT2D eigenvalue weighted by molar-refractivity contribution is 4.93. The first kappa shape index (κ1) is 7.61. The molecule has 1 rings (SSSR count). The molecule has 58 valence electrons. The van der Waals surface area contributed by atoms with Crippen LogP contribution in [0.2, 0.25) is 0 Å². The van der Waals surface area contributed by atoms with Crippen LogP contribution in [0, 0.1) is 0 Å². The Morgan fingerprint density at radius 1 is 1.20 bits per heavy atom. The van der Waals surface area contributed by atoms with Gasteiger partial charge in [0, 0.05) is 6.42 Å². The molecule has 0 atom stereocenters. The Labute approximate surface area is 62.0 Å². The molecular weight excluding hydrogens is 126 g/mol. The van der Waals surface area contributed by atoms with Gasteiger partial charge in [0.2, 0.25) is 0 Å². The predicted molar refractivity (Wildman–Crippen MR) is 41.1 cm³/mol. The van der Waals surface area contributed by atoms with Gasteiger partial charge in [0.15, 0.2) is 0 Å². The maximum Gasteiger partial charge on any atom is 0.119 e. The highest BCUT2D eigenvalue weighted by atomic mass is 16.6. The molecule has 0 saturated heterocycles. The summed E-state index contributed by atoms with van der Waals surface area (Å²) in [6.45, 7) is 0. The zero-order chi connectivity index (χ0) is 7.23. The third-order valence-corrected chi connectivity index (χ3v) is 1.90. The molecule has 0 spiro atoms. The molecule has 2 heteroatoms. The first-order chi connectivity index (χ1) is 4.93. The van der Waals surface area contributed by atoms with Crippen molar-refractivity contribution in [1.29, 1.82) is 0 Å². The third kappa shape index (κ3) is 2.40. The summed E-state index contributed by atoms with van der Waals surface area (Å²) in [6.07, 6.45) is 9.45. The monoisotopic (exact) mass is 141 g/mol. The number of rotatable bonds is 1. The van der Waals surface area contributed by atoms with Gasteiger partial charge in [0.05, 0.1) is 0 Å². The van der Waals surface area contributed by atoms with Crippen LogP contribution in [0.3, 0.4) is 0 Å². The minimum Gasteiger partial charge on any atom is -0.416 e. The van der Waals surface area contributed by atoms with E-state index < -0.39 is 0 Å². The maximum absolute atomic E-state index is 5.06. The van der Waals surface area contributed by atoms with E-state index in [0.29, 0.717) is 0 Å². The maximum atomic E-state index is 5.06. The van der Waals surface area contributed by atoms with Crippen LogP contribution in [0.25, 0.3) is 0 Å². The summed E-state index contributed by atoms with van der Waals surface area (Å²) in [4.78, 5) is 4.69. The van der Waals surface area contributed by atoms with Crippen LogP contribution in [0.15, 0.2) is 11.8 Å². The van der Waals surface area contributed by atoms with Gasteiger partial charge in [-0.25, -0.2) is 0 Å². The third-order valence-electron chi connectivity index (χ3n) is 1.90. The van der Waals surface area contributed by atoms with E-state index >= 15 is 0 Å². The van der Waals surface area contributed by atoms with Crippen LogP contribution in [-0.2, 0) is 4.84 Å². The van der Waals surface area contributed by atoms with Crippen molar-refractivity contribution in [3.8, 4) is 0 Å². The normalized spacial score (nSPS) is 20.7. The lowest BCUT2D eigenvalue weighted by molar-refractivity contribution is 0.204. The second-order valence-corrected chi connectivity index (χ2v) is 2.74. The Hall–Kier alpha value is -0.500. The molecule has 10 heavy (non-hydrogen) atoms. The average Bonchev–Trinajstić information content (AvgIpc) is 1.87. The van der Waals surface area contributed by atoms with Crippen molar-refractivity contribution in [1.82, 2.24) is 0 Å². The van der Waals surface area contributed by atoms with Crippen LogP contribution in [-0.4, -0.2) is 0 Å². The molecule has 0 saturated carbocycles. The van der Waals surface area contributed by atoms with E-state index in [4.69, 9.17) is 5.90 Å². The fourth-order valence-electron chi connectivity index (χ4n) is 1.27. The van der Waals surface area contributed by atoms with Crippen molar-refractivity contribution in [2.75, 3.05) is 0 Å². The summed E-state index contributed by atoms with van der Waals surface area (Å²) in [6, 6.07) is 0. The Bertz CT molecular complexity index is 120. The highest BCUT2D eigenvalue weighted by Gasteiger charge is 2.00. The average molecular weight is 141 g/mol. The highest BCUT2D eigenvalue weighted by Crippen LogP contribution is 2.16. The van der Waals surface area contributed by atoms with Crippen LogP contribution < -0.4 is 5.90 Å². The molecule has 1 aliphatic rings. The second-order valence-electron chi connectivity index (χ2n) is 2.74. The zero-order valence-corrected chi connectivity index (χ0v) is 6.31. The van der Waals surface area contributed by atoms with Crippen LogP contribution in [0.1, 0.15) is 38.5 Å². The van der Waals surface area contributed by atoms with Gasteiger partial charge < -0.3 is 4.84 Å². The van der Waals surface area contributed by atoms with E-state index in [0.717, 1.165) is 18.6 Å². The summed E-state index contributed by atoms with van der Waals surface area (Å²) < 4.78 is 0. The molecule has 1 aliphatic carbocycles. The van der Waals surface area contributed by atoms with Crippen LogP contribution in [0.4, 0.5) is 0 Å². The minimum absolute atomic E-state index is 0.972. The topological polar surface area (TPSA) is 35.2 Å². The second kappa shape index (κ2) is 4.34. The van der Waals surface area contributed by atoms with Gasteiger partial charge in [-0.3, -0.25) is 0 Å². The number of hydrogen-bond acceptors (Lipinski definition) is 2. The quantitative estimate of drug-likeness (QED) is 0.568. The summed E-state index contributed by atoms with van der Waals surface area (Å²) in [5, 5.41) is 0. The van der Waals surface area contributed by atoms with Gasteiger partial charge in [0.1, 0.15) is 5.76 Å². The van der Waals surface area contributed by atoms with Gasteiger partial charge in [-0.2, -0.15) is 5.90 Å². The Morgan fingerprint density at radius 3 is 2.80 bits per heavy atom. The van der Waals surface area contributed by atoms with Crippen molar-refractivity contribution in [2.45, 2.75) is 38.5 Å². The summed E-state index contributed by atoms with van der Waals surface area (Å²) >= 11 is 0. The Kier molecular flexibility index (Phi) is 3.30. The number of nitrogens with two attached hydrogens (primary N) is 1. The largest absolute Gasteiger partial charge is 0.416 e. The van der Waals surface area contributed by atoms with Gasteiger partial charge in [-0.1, -0.05) is 12.8 Å². The molecule has 0 aromatic heterocycles. The summed E-state index contributed by atoms with van der Waals surface area (Å²) in [5.74, 6) is 6.03. The zero-order valence-electron chi connectivity index (χ0n) is 6.31. The molecule has 0 fully saturated rings. The van der Waals surface area contributed by atoms with E-state index in [2.05, 4.69) is 10.9 Å². The first-order valence-electron chi connectivity index (χ1n) is 3.99. The SMILES string of the molecule is NOC1=CCCCCCC1. The van der Waals surface area contributed by atoms with Crippen molar-refractivity contribution in [3.05, 3.63) is 11.8 Å². The minimum atomic E-state index is 0.972. The van der Waals surface area contributed by atoms with Crippen molar-refractivity contribution in [2.24, 2.45) is 5.90 Å². The summed E-state index contributed by atoms with van der Waals surface area (Å²) in [7, 11) is 0. The fraction of sp³-hybridized carbons (Fsp3) is 0.750. The molecule has 0 heterocycles. The molecule has 0 aromatic carbocycles. The van der Waals surface area contributed by atoms with E-state index in [1.807, 2.05) is 0 Å². The predicted octanol–water partition coefficient (Wildman–Crippen LogP) is 2.11. The van der Waals surface area contributed by atoms with Gasteiger partial charge in [0.25, 0.3) is 0 Å². The molecule has 0 radical (unpaired) electrons. The van der Waals surface area contributed by atoms with Crippen molar-refractivity contribution in [3.63, 3.8) is 0 Å². The molecular formula is C8H15NO. The van der Waals surface area contributed by atoms with E-state index in [-0.39, 0.29) is 0 Å². The van der Waals surface area contributed by atoms with E-state index in [1.165, 1.54) is 25.7 Å². The molecule has 0 aliphatic heterocycles. The number of hydrogen-bond donors (Lipinski definition) is 1. The molecule has 2 N–H and O–H groups in total. The lowest BCUT2D eigenvalue weighted by atomic mass is 10.1. The molecule has 0 bridgehead atoms. The number of allylic oxidation sites excluding steroid dienone is 2. The van der Waals surface area contributed by atoms with Gasteiger partial charge in [-0.05, 0) is 25.3 Å². The first-order valence-corrected chi connectivity index (χ1v) is 3.99. The standard InChI is InChI=1S/C8H15NO/c9-10-8-6-4-2-1-3-5-7-8/h6H,1-5,7,9H2. The van der Waals surface area contributed by atoms with Crippen LogP contribution in [0.5, 0.6) is 0 Å². The Balaban J connectivity index is 2.35. The van der Waals surface area contributed by atoms with Gasteiger partial charge >= 0.3 is 0 Å². The van der Waals surface area contributed by atoms with Crippen LogP contribution >= 0.6 is 0 Å². The lowest BCUT2D eigenvalue weighted by Crippen LogP contribution is -2.00. The fourth-order valence-corrected chi connectivity index (χ4v) is 1.27. The smallest absolute Gasteiger partial charge is 0.119 e. The molecule has 0 unspecified atom stereocenters.